The maximum absolute atomic E-state index is 13.0. The van der Waals surface area contributed by atoms with E-state index in [-0.39, 0.29) is 6.03 Å². The molecule has 5 heteroatoms. The van der Waals surface area contributed by atoms with Crippen molar-refractivity contribution < 1.29 is 9.18 Å². The summed E-state index contributed by atoms with van der Waals surface area (Å²) in [6.45, 7) is 1.50. The lowest BCUT2D eigenvalue weighted by Gasteiger charge is -2.16. The standard InChI is InChI=1S/C11H12ClFN2O/c12-9-4-3-8(13)7-10(9)14-11(16)15-5-1-2-6-15/h3-4,7H,1-2,5-6H2,(H,14,16). The molecule has 2 amide bonds. The maximum atomic E-state index is 13.0. The number of hydrogen-bond acceptors (Lipinski definition) is 1. The van der Waals surface area contributed by atoms with Crippen molar-refractivity contribution in [1.29, 1.82) is 0 Å². The van der Waals surface area contributed by atoms with Crippen LogP contribution in [0.1, 0.15) is 12.8 Å². The van der Waals surface area contributed by atoms with Crippen LogP contribution in [0.4, 0.5) is 14.9 Å². The molecule has 16 heavy (non-hydrogen) atoms. The average Bonchev–Trinajstić information content (AvgIpc) is 2.76. The minimum Gasteiger partial charge on any atom is -0.325 e. The molecule has 2 rings (SSSR count). The fourth-order valence-corrected chi connectivity index (χ4v) is 1.87. The fourth-order valence-electron chi connectivity index (χ4n) is 1.71. The van der Waals surface area contributed by atoms with Crippen LogP contribution >= 0.6 is 11.6 Å². The lowest BCUT2D eigenvalue weighted by atomic mass is 10.3. The van der Waals surface area contributed by atoms with Crippen molar-refractivity contribution >= 4 is 23.3 Å². The van der Waals surface area contributed by atoms with E-state index < -0.39 is 5.82 Å². The second kappa shape index (κ2) is 4.70. The normalized spacial score (nSPS) is 15.2. The lowest BCUT2D eigenvalue weighted by Crippen LogP contribution is -2.32. The molecule has 0 bridgehead atoms. The Morgan fingerprint density at radius 1 is 1.38 bits per heavy atom. The highest BCUT2D eigenvalue weighted by molar-refractivity contribution is 6.33. The molecule has 1 aliphatic heterocycles. The van der Waals surface area contributed by atoms with E-state index >= 15 is 0 Å². The smallest absolute Gasteiger partial charge is 0.321 e. The van der Waals surface area contributed by atoms with E-state index in [9.17, 15) is 9.18 Å². The number of anilines is 1. The zero-order valence-corrected chi connectivity index (χ0v) is 9.43. The molecule has 0 saturated carbocycles. The maximum Gasteiger partial charge on any atom is 0.321 e. The molecule has 1 N–H and O–H groups in total. The first-order chi connectivity index (χ1) is 7.66. The Hall–Kier alpha value is -1.29. The number of amides is 2. The summed E-state index contributed by atoms with van der Waals surface area (Å²) < 4.78 is 13.0. The number of likely N-dealkylation sites (tertiary alicyclic amines) is 1. The SMILES string of the molecule is O=C(Nc1cc(F)ccc1Cl)N1CCCC1. The number of halogens is 2. The van der Waals surface area contributed by atoms with Gasteiger partial charge in [0.05, 0.1) is 10.7 Å². The Bertz CT molecular complexity index is 405. The molecule has 86 valence electrons. The molecule has 0 radical (unpaired) electrons. The topological polar surface area (TPSA) is 32.3 Å². The summed E-state index contributed by atoms with van der Waals surface area (Å²) in [6, 6.07) is 3.69. The van der Waals surface area contributed by atoms with E-state index in [0.29, 0.717) is 10.7 Å². The van der Waals surface area contributed by atoms with E-state index in [1.165, 1.54) is 18.2 Å². The predicted molar refractivity (Wildman–Crippen MR) is 61.2 cm³/mol. The number of nitrogens with one attached hydrogen (secondary N) is 1. The van der Waals surface area contributed by atoms with Crippen molar-refractivity contribution in [3.63, 3.8) is 0 Å². The molecule has 1 aromatic rings. The van der Waals surface area contributed by atoms with Crippen LogP contribution in [0.5, 0.6) is 0 Å². The lowest BCUT2D eigenvalue weighted by molar-refractivity contribution is 0.222. The number of carbonyl (C=O) groups excluding carboxylic acids is 1. The zero-order chi connectivity index (χ0) is 11.5. The fraction of sp³-hybridized carbons (Fsp3) is 0.364. The summed E-state index contributed by atoms with van der Waals surface area (Å²) in [5, 5.41) is 2.95. The first-order valence-corrected chi connectivity index (χ1v) is 5.55. The largest absolute Gasteiger partial charge is 0.325 e. The zero-order valence-electron chi connectivity index (χ0n) is 8.67. The summed E-state index contributed by atoms with van der Waals surface area (Å²) in [6.07, 6.45) is 2.04. The summed E-state index contributed by atoms with van der Waals surface area (Å²) in [5.74, 6) is -0.416. The van der Waals surface area contributed by atoms with Gasteiger partial charge in [0.2, 0.25) is 0 Å². The van der Waals surface area contributed by atoms with Crippen molar-refractivity contribution in [2.75, 3.05) is 18.4 Å². The van der Waals surface area contributed by atoms with E-state index in [0.717, 1.165) is 25.9 Å². The third kappa shape index (κ3) is 2.44. The van der Waals surface area contributed by atoms with E-state index in [2.05, 4.69) is 5.32 Å². The van der Waals surface area contributed by atoms with Gasteiger partial charge in [-0.25, -0.2) is 9.18 Å². The molecule has 1 aromatic carbocycles. The van der Waals surface area contributed by atoms with Crippen molar-refractivity contribution in [2.24, 2.45) is 0 Å². The van der Waals surface area contributed by atoms with Gasteiger partial charge in [-0.15, -0.1) is 0 Å². The van der Waals surface area contributed by atoms with Gasteiger partial charge in [-0.05, 0) is 31.0 Å². The van der Waals surface area contributed by atoms with E-state index in [4.69, 9.17) is 11.6 Å². The number of hydrogen-bond donors (Lipinski definition) is 1. The number of nitrogens with zero attached hydrogens (tertiary/aromatic N) is 1. The van der Waals surface area contributed by atoms with Crippen LogP contribution in [0.15, 0.2) is 18.2 Å². The van der Waals surface area contributed by atoms with Gasteiger partial charge in [-0.1, -0.05) is 11.6 Å². The van der Waals surface area contributed by atoms with Crippen molar-refractivity contribution in [3.05, 3.63) is 29.0 Å². The second-order valence-corrected chi connectivity index (χ2v) is 4.16. The molecular weight excluding hydrogens is 231 g/mol. The van der Waals surface area contributed by atoms with Gasteiger partial charge in [-0.3, -0.25) is 0 Å². The Morgan fingerprint density at radius 2 is 2.06 bits per heavy atom. The van der Waals surface area contributed by atoms with Crippen LogP contribution in [0.2, 0.25) is 5.02 Å². The Morgan fingerprint density at radius 3 is 2.75 bits per heavy atom. The summed E-state index contributed by atoms with van der Waals surface area (Å²) in [7, 11) is 0. The molecule has 0 atom stereocenters. The van der Waals surface area contributed by atoms with Crippen molar-refractivity contribution in [2.45, 2.75) is 12.8 Å². The first-order valence-electron chi connectivity index (χ1n) is 5.18. The molecule has 0 aromatic heterocycles. The van der Waals surface area contributed by atoms with Gasteiger partial charge in [-0.2, -0.15) is 0 Å². The highest BCUT2D eigenvalue weighted by Crippen LogP contribution is 2.23. The van der Waals surface area contributed by atoms with Gasteiger partial charge < -0.3 is 10.2 Å². The summed E-state index contributed by atoms with van der Waals surface area (Å²) in [4.78, 5) is 13.4. The number of carbonyl (C=O) groups is 1. The van der Waals surface area contributed by atoms with Gasteiger partial charge in [0.15, 0.2) is 0 Å². The van der Waals surface area contributed by atoms with Gasteiger partial charge in [0.25, 0.3) is 0 Å². The molecule has 0 unspecified atom stereocenters. The number of urea groups is 1. The second-order valence-electron chi connectivity index (χ2n) is 3.75. The van der Waals surface area contributed by atoms with Crippen molar-refractivity contribution in [3.8, 4) is 0 Å². The minimum atomic E-state index is -0.416. The van der Waals surface area contributed by atoms with E-state index in [1.807, 2.05) is 0 Å². The molecular formula is C11H12ClFN2O. The van der Waals surface area contributed by atoms with Gasteiger partial charge in [0.1, 0.15) is 5.82 Å². The van der Waals surface area contributed by atoms with Crippen molar-refractivity contribution in [1.82, 2.24) is 4.90 Å². The summed E-state index contributed by atoms with van der Waals surface area (Å²) in [5.41, 5.74) is 0.318. The quantitative estimate of drug-likeness (QED) is 0.806. The molecule has 1 aliphatic rings. The third-order valence-corrected chi connectivity index (χ3v) is 2.89. The molecule has 1 fully saturated rings. The highest BCUT2D eigenvalue weighted by Gasteiger charge is 2.18. The molecule has 0 spiro atoms. The Kier molecular flexibility index (Phi) is 3.29. The highest BCUT2D eigenvalue weighted by atomic mass is 35.5. The van der Waals surface area contributed by atoms with Crippen LogP contribution in [-0.2, 0) is 0 Å². The molecule has 1 saturated heterocycles. The molecule has 0 aliphatic carbocycles. The molecule has 1 heterocycles. The molecule has 3 nitrogen and oxygen atoms in total. The van der Waals surface area contributed by atoms with Crippen LogP contribution < -0.4 is 5.32 Å². The monoisotopic (exact) mass is 242 g/mol. The first kappa shape index (κ1) is 11.2. The van der Waals surface area contributed by atoms with Gasteiger partial charge >= 0.3 is 6.03 Å². The predicted octanol–water partition coefficient (Wildman–Crippen LogP) is 3.11. The summed E-state index contributed by atoms with van der Waals surface area (Å²) >= 11 is 5.85. The average molecular weight is 243 g/mol. The number of benzene rings is 1. The van der Waals surface area contributed by atoms with E-state index in [1.54, 1.807) is 4.90 Å². The van der Waals surface area contributed by atoms with Crippen LogP contribution in [0, 0.1) is 5.82 Å². The number of rotatable bonds is 1. The third-order valence-electron chi connectivity index (χ3n) is 2.56. The van der Waals surface area contributed by atoms with Crippen LogP contribution in [0.3, 0.4) is 0 Å². The van der Waals surface area contributed by atoms with Crippen LogP contribution in [-0.4, -0.2) is 24.0 Å². The van der Waals surface area contributed by atoms with Gasteiger partial charge in [0, 0.05) is 13.1 Å². The minimum absolute atomic E-state index is 0.218. The van der Waals surface area contributed by atoms with Crippen LogP contribution in [0.25, 0.3) is 0 Å². The Labute approximate surface area is 98.2 Å². The Balaban J connectivity index is 2.07.